The van der Waals surface area contributed by atoms with Crippen molar-refractivity contribution in [3.8, 4) is 11.3 Å². The molecule has 0 aromatic carbocycles. The number of unbranched alkanes of at least 4 members (excludes halogenated alkanes) is 1. The Kier molecular flexibility index (Phi) is 4.46. The van der Waals surface area contributed by atoms with Gasteiger partial charge in [0.2, 0.25) is 5.91 Å². The van der Waals surface area contributed by atoms with E-state index >= 15 is 0 Å². The highest BCUT2D eigenvalue weighted by Crippen LogP contribution is 2.18. The Labute approximate surface area is 110 Å². The molecule has 0 saturated carbocycles. The molecule has 96 valence electrons. The number of nitrogens with zero attached hydrogens (tertiary/aromatic N) is 3. The van der Waals surface area contributed by atoms with Gasteiger partial charge in [-0.15, -0.1) is 5.10 Å². The molecule has 5 nitrogen and oxygen atoms in total. The predicted molar refractivity (Wildman–Crippen MR) is 71.3 cm³/mol. The summed E-state index contributed by atoms with van der Waals surface area (Å²) in [6.45, 7) is 3.04. The monoisotopic (exact) mass is 264 g/mol. The summed E-state index contributed by atoms with van der Waals surface area (Å²) in [4.78, 5) is 11.6. The number of rotatable bonds is 6. The molecule has 2 aromatic rings. The second-order valence-corrected chi connectivity index (χ2v) is 4.80. The second kappa shape index (κ2) is 6.30. The van der Waals surface area contributed by atoms with Gasteiger partial charge in [0, 0.05) is 17.5 Å². The molecule has 18 heavy (non-hydrogen) atoms. The van der Waals surface area contributed by atoms with Gasteiger partial charge in [-0.1, -0.05) is 18.6 Å². The number of carbonyl (C=O) groups is 1. The van der Waals surface area contributed by atoms with Gasteiger partial charge in [0.25, 0.3) is 0 Å². The van der Waals surface area contributed by atoms with E-state index in [1.807, 2.05) is 16.8 Å². The first-order valence-electron chi connectivity index (χ1n) is 5.99. The first-order valence-corrected chi connectivity index (χ1v) is 6.93. The van der Waals surface area contributed by atoms with Gasteiger partial charge in [-0.05, 0) is 17.9 Å². The maximum Gasteiger partial charge on any atom is 0.241 e. The quantitative estimate of drug-likeness (QED) is 0.811. The minimum absolute atomic E-state index is 0.0229. The van der Waals surface area contributed by atoms with E-state index in [0.717, 1.165) is 30.6 Å². The van der Waals surface area contributed by atoms with Crippen molar-refractivity contribution >= 4 is 17.2 Å². The molecule has 0 atom stereocenters. The zero-order valence-corrected chi connectivity index (χ0v) is 11.1. The normalized spacial score (nSPS) is 10.5. The number of amides is 1. The fourth-order valence-electron chi connectivity index (χ4n) is 1.53. The zero-order valence-electron chi connectivity index (χ0n) is 10.3. The molecule has 1 amide bonds. The van der Waals surface area contributed by atoms with Crippen LogP contribution in [-0.2, 0) is 11.3 Å². The minimum Gasteiger partial charge on any atom is -0.354 e. The Bertz CT molecular complexity index is 492. The Hall–Kier alpha value is -1.69. The summed E-state index contributed by atoms with van der Waals surface area (Å²) in [5.74, 6) is -0.0229. The Morgan fingerprint density at radius 1 is 1.56 bits per heavy atom. The molecular weight excluding hydrogens is 248 g/mol. The minimum atomic E-state index is -0.0229. The van der Waals surface area contributed by atoms with Crippen LogP contribution < -0.4 is 5.32 Å². The summed E-state index contributed by atoms with van der Waals surface area (Å²) >= 11 is 1.61. The number of carbonyl (C=O) groups excluding carboxylic acids is 1. The number of aromatic nitrogens is 3. The van der Waals surface area contributed by atoms with Crippen molar-refractivity contribution in [2.45, 2.75) is 26.3 Å². The maximum atomic E-state index is 11.6. The standard InChI is InChI=1S/C12H16N4OS/c1-2-3-5-13-12(17)8-16-7-11(14-15-16)10-4-6-18-9-10/h4,6-7,9H,2-3,5,8H2,1H3,(H,13,17). The predicted octanol–water partition coefficient (Wildman–Crippen LogP) is 1.92. The van der Waals surface area contributed by atoms with Crippen LogP contribution in [0.5, 0.6) is 0 Å². The molecule has 1 N–H and O–H groups in total. The average molecular weight is 264 g/mol. The van der Waals surface area contributed by atoms with E-state index in [0.29, 0.717) is 0 Å². The second-order valence-electron chi connectivity index (χ2n) is 4.02. The number of hydrogen-bond donors (Lipinski definition) is 1. The molecule has 0 unspecified atom stereocenters. The van der Waals surface area contributed by atoms with Crippen molar-refractivity contribution in [2.75, 3.05) is 6.54 Å². The van der Waals surface area contributed by atoms with Gasteiger partial charge in [-0.2, -0.15) is 11.3 Å². The lowest BCUT2D eigenvalue weighted by atomic mass is 10.3. The third-order valence-corrected chi connectivity index (χ3v) is 3.20. The summed E-state index contributed by atoms with van der Waals surface area (Å²) in [6.07, 6.45) is 3.87. The van der Waals surface area contributed by atoms with Gasteiger partial charge >= 0.3 is 0 Å². The van der Waals surface area contributed by atoms with E-state index in [1.165, 1.54) is 0 Å². The van der Waals surface area contributed by atoms with E-state index in [-0.39, 0.29) is 12.5 Å². The van der Waals surface area contributed by atoms with Crippen LogP contribution in [0, 0.1) is 0 Å². The number of nitrogens with one attached hydrogen (secondary N) is 1. The van der Waals surface area contributed by atoms with Gasteiger partial charge in [0.15, 0.2) is 0 Å². The summed E-state index contributed by atoms with van der Waals surface area (Å²) < 4.78 is 1.56. The lowest BCUT2D eigenvalue weighted by Crippen LogP contribution is -2.28. The summed E-state index contributed by atoms with van der Waals surface area (Å²) in [5, 5.41) is 14.9. The van der Waals surface area contributed by atoms with Crippen molar-refractivity contribution in [3.05, 3.63) is 23.0 Å². The third-order valence-electron chi connectivity index (χ3n) is 2.51. The molecule has 2 aromatic heterocycles. The van der Waals surface area contributed by atoms with Crippen molar-refractivity contribution < 1.29 is 4.79 Å². The number of thiophene rings is 1. The lowest BCUT2D eigenvalue weighted by molar-refractivity contribution is -0.121. The highest BCUT2D eigenvalue weighted by Gasteiger charge is 2.07. The fraction of sp³-hybridized carbons (Fsp3) is 0.417. The first kappa shape index (κ1) is 12.8. The Morgan fingerprint density at radius 3 is 3.17 bits per heavy atom. The van der Waals surface area contributed by atoms with Gasteiger partial charge in [0.05, 0.1) is 6.20 Å². The van der Waals surface area contributed by atoms with E-state index in [1.54, 1.807) is 22.2 Å². The molecule has 0 fully saturated rings. The molecule has 0 aliphatic carbocycles. The molecule has 0 saturated heterocycles. The zero-order chi connectivity index (χ0) is 12.8. The van der Waals surface area contributed by atoms with Crippen LogP contribution >= 0.6 is 11.3 Å². The highest BCUT2D eigenvalue weighted by atomic mass is 32.1. The summed E-state index contributed by atoms with van der Waals surface area (Å²) in [6, 6.07) is 1.99. The van der Waals surface area contributed by atoms with Crippen LogP contribution in [0.1, 0.15) is 19.8 Å². The van der Waals surface area contributed by atoms with Crippen molar-refractivity contribution in [1.29, 1.82) is 0 Å². The maximum absolute atomic E-state index is 11.6. The lowest BCUT2D eigenvalue weighted by Gasteiger charge is -2.03. The van der Waals surface area contributed by atoms with E-state index in [4.69, 9.17) is 0 Å². The molecule has 0 aliphatic rings. The van der Waals surface area contributed by atoms with Crippen LogP contribution in [0.25, 0.3) is 11.3 Å². The van der Waals surface area contributed by atoms with Crippen LogP contribution in [0.4, 0.5) is 0 Å². The van der Waals surface area contributed by atoms with Gasteiger partial charge < -0.3 is 5.32 Å². The molecule has 2 heterocycles. The summed E-state index contributed by atoms with van der Waals surface area (Å²) in [7, 11) is 0. The summed E-state index contributed by atoms with van der Waals surface area (Å²) in [5.41, 5.74) is 1.84. The van der Waals surface area contributed by atoms with Crippen LogP contribution in [-0.4, -0.2) is 27.4 Å². The number of hydrogen-bond acceptors (Lipinski definition) is 4. The van der Waals surface area contributed by atoms with E-state index in [2.05, 4.69) is 22.6 Å². The van der Waals surface area contributed by atoms with Gasteiger partial charge in [-0.3, -0.25) is 4.79 Å². The molecule has 0 bridgehead atoms. The molecule has 0 spiro atoms. The largest absolute Gasteiger partial charge is 0.354 e. The average Bonchev–Trinajstić information content (AvgIpc) is 2.98. The fourth-order valence-corrected chi connectivity index (χ4v) is 2.18. The first-order chi connectivity index (χ1) is 8.79. The molecule has 0 aliphatic heterocycles. The van der Waals surface area contributed by atoms with Crippen molar-refractivity contribution in [2.24, 2.45) is 0 Å². The molecule has 2 rings (SSSR count). The van der Waals surface area contributed by atoms with Crippen LogP contribution in [0.15, 0.2) is 23.0 Å². The Balaban J connectivity index is 1.89. The molecule has 6 heteroatoms. The topological polar surface area (TPSA) is 59.8 Å². The van der Waals surface area contributed by atoms with Crippen molar-refractivity contribution in [1.82, 2.24) is 20.3 Å². The molecule has 0 radical (unpaired) electrons. The molecular formula is C12H16N4OS. The Morgan fingerprint density at radius 2 is 2.44 bits per heavy atom. The third kappa shape index (κ3) is 3.40. The van der Waals surface area contributed by atoms with Gasteiger partial charge in [0.1, 0.15) is 12.2 Å². The smallest absolute Gasteiger partial charge is 0.241 e. The SMILES string of the molecule is CCCCNC(=O)Cn1cc(-c2ccsc2)nn1. The van der Waals surface area contributed by atoms with Crippen LogP contribution in [0.2, 0.25) is 0 Å². The van der Waals surface area contributed by atoms with Crippen LogP contribution in [0.3, 0.4) is 0 Å². The van der Waals surface area contributed by atoms with Gasteiger partial charge in [-0.25, -0.2) is 4.68 Å². The highest BCUT2D eigenvalue weighted by molar-refractivity contribution is 7.08. The van der Waals surface area contributed by atoms with Crippen molar-refractivity contribution in [3.63, 3.8) is 0 Å². The van der Waals surface area contributed by atoms with E-state index < -0.39 is 0 Å². The van der Waals surface area contributed by atoms with E-state index in [9.17, 15) is 4.79 Å².